The van der Waals surface area contributed by atoms with Gasteiger partial charge in [-0.15, -0.1) is 0 Å². The highest BCUT2D eigenvalue weighted by atomic mass is 16.5. The lowest BCUT2D eigenvalue weighted by molar-refractivity contribution is -0.187. The van der Waals surface area contributed by atoms with E-state index >= 15 is 0 Å². The number of hydrogen-bond donors (Lipinski definition) is 8. The predicted octanol–water partition coefficient (Wildman–Crippen LogP) is -1.74. The molecule has 0 saturated carbocycles. The maximum Gasteiger partial charge on any atom is 0.348 e. The van der Waals surface area contributed by atoms with Gasteiger partial charge in [-0.25, -0.2) is 19.2 Å². The Hall–Kier alpha value is -4.50. The first-order valence-corrected chi connectivity index (χ1v) is 9.56. The summed E-state index contributed by atoms with van der Waals surface area (Å²) in [7, 11) is 0. The number of aliphatic hydroxyl groups excluding tert-OH is 2. The molecule has 2 aromatic rings. The van der Waals surface area contributed by atoms with Crippen LogP contribution >= 0.6 is 0 Å². The van der Waals surface area contributed by atoms with Gasteiger partial charge in [0.05, 0.1) is 0 Å². The van der Waals surface area contributed by atoms with Gasteiger partial charge >= 0.3 is 23.9 Å². The van der Waals surface area contributed by atoms with Crippen molar-refractivity contribution < 1.29 is 69.6 Å². The lowest BCUT2D eigenvalue weighted by Crippen LogP contribution is -2.71. The van der Waals surface area contributed by atoms with Crippen LogP contribution < -0.4 is 0 Å². The molecule has 2 aromatic carbocycles. The highest BCUT2D eigenvalue weighted by molar-refractivity contribution is 6.28. The molecule has 0 aliphatic carbocycles. The van der Waals surface area contributed by atoms with Crippen molar-refractivity contribution in [2.75, 3.05) is 0 Å². The number of carboxylic acid groups (broad SMARTS) is 4. The van der Waals surface area contributed by atoms with Crippen molar-refractivity contribution in [3.63, 3.8) is 0 Å². The van der Waals surface area contributed by atoms with E-state index in [0.717, 1.165) is 24.3 Å². The Balaban J connectivity index is 0.000000548. The zero-order chi connectivity index (χ0) is 27.8. The summed E-state index contributed by atoms with van der Waals surface area (Å²) < 4.78 is 0. The van der Waals surface area contributed by atoms with Gasteiger partial charge in [0.15, 0.2) is 12.2 Å². The van der Waals surface area contributed by atoms with Gasteiger partial charge in [0.2, 0.25) is 11.6 Å². The maximum absolute atomic E-state index is 12.6. The van der Waals surface area contributed by atoms with E-state index in [4.69, 9.17) is 20.4 Å². The van der Waals surface area contributed by atoms with E-state index in [1.54, 1.807) is 0 Å². The minimum Gasteiger partial charge on any atom is -0.479 e. The molecule has 192 valence electrons. The van der Waals surface area contributed by atoms with Crippen molar-refractivity contribution >= 4 is 35.4 Å². The maximum atomic E-state index is 12.6. The summed E-state index contributed by atoms with van der Waals surface area (Å²) in [6.45, 7) is 0. The molecule has 14 nitrogen and oxygen atoms in total. The lowest BCUT2D eigenvalue weighted by Gasteiger charge is -2.34. The number of aliphatic hydroxyl groups is 4. The monoisotopic (exact) mass is 508 g/mol. The Morgan fingerprint density at radius 2 is 0.778 bits per heavy atom. The van der Waals surface area contributed by atoms with Crippen LogP contribution in [0.15, 0.2) is 60.7 Å². The van der Waals surface area contributed by atoms with E-state index in [1.165, 1.54) is 36.4 Å². The first-order valence-electron chi connectivity index (χ1n) is 9.56. The second-order valence-corrected chi connectivity index (χ2v) is 6.99. The third-order valence-corrected chi connectivity index (χ3v) is 4.68. The number of carbonyl (C=O) groups excluding carboxylic acids is 2. The topological polar surface area (TPSA) is 264 Å². The molecule has 0 aliphatic rings. The van der Waals surface area contributed by atoms with Gasteiger partial charge in [0.25, 0.3) is 11.2 Å². The smallest absolute Gasteiger partial charge is 0.348 e. The average Bonchev–Trinajstić information content (AvgIpc) is 2.86. The Kier molecular flexibility index (Phi) is 9.65. The van der Waals surface area contributed by atoms with E-state index in [-0.39, 0.29) is 0 Å². The molecule has 4 atom stereocenters. The van der Waals surface area contributed by atoms with Gasteiger partial charge in [-0.3, -0.25) is 9.59 Å². The third-order valence-electron chi connectivity index (χ3n) is 4.68. The molecule has 0 saturated heterocycles. The molecule has 2 rings (SSSR count). The molecule has 0 aliphatic heterocycles. The van der Waals surface area contributed by atoms with Crippen LogP contribution in [0.25, 0.3) is 0 Å². The zero-order valence-electron chi connectivity index (χ0n) is 18.0. The number of aliphatic carboxylic acids is 4. The fourth-order valence-electron chi connectivity index (χ4n) is 2.70. The number of rotatable bonds is 10. The van der Waals surface area contributed by atoms with Crippen molar-refractivity contribution in [1.29, 1.82) is 0 Å². The molecular weight excluding hydrogens is 488 g/mol. The highest BCUT2D eigenvalue weighted by Crippen LogP contribution is 2.31. The number of ketones is 2. The molecular formula is C22H20O14. The molecule has 0 spiro atoms. The van der Waals surface area contributed by atoms with Crippen LogP contribution in [0.2, 0.25) is 0 Å². The molecule has 0 radical (unpaired) electrons. The molecule has 36 heavy (non-hydrogen) atoms. The van der Waals surface area contributed by atoms with Gasteiger partial charge in [-0.1, -0.05) is 60.7 Å². The van der Waals surface area contributed by atoms with E-state index in [1.807, 2.05) is 0 Å². The van der Waals surface area contributed by atoms with Crippen LogP contribution in [0.5, 0.6) is 0 Å². The number of Topliss-reactive ketones (excluding diaryl/α,β-unsaturated/α-hetero) is 2. The average molecular weight is 508 g/mol. The quantitative estimate of drug-likeness (QED) is 0.131. The number of carboxylic acids is 4. The second kappa shape index (κ2) is 11.8. The molecule has 0 amide bonds. The Morgan fingerprint density at radius 1 is 0.528 bits per heavy atom. The van der Waals surface area contributed by atoms with Crippen LogP contribution in [-0.2, 0) is 19.2 Å². The SMILES string of the molecule is O=C(O)C(O)C(O)C(=O)O.O=C(O)[C@](O)(C(=O)c1ccccc1)[C@](O)(C(=O)O)C(=O)c1ccccc1. The van der Waals surface area contributed by atoms with E-state index in [9.17, 15) is 49.2 Å². The van der Waals surface area contributed by atoms with Crippen molar-refractivity contribution in [2.45, 2.75) is 23.4 Å². The fourth-order valence-corrected chi connectivity index (χ4v) is 2.70. The number of carbonyl (C=O) groups is 6. The summed E-state index contributed by atoms with van der Waals surface area (Å²) in [6.07, 6.45) is -4.53. The Morgan fingerprint density at radius 3 is 0.972 bits per heavy atom. The third kappa shape index (κ3) is 5.76. The van der Waals surface area contributed by atoms with Crippen molar-refractivity contribution in [3.8, 4) is 0 Å². The summed E-state index contributed by atoms with van der Waals surface area (Å²) in [5.74, 6) is -11.6. The molecule has 0 bridgehead atoms. The molecule has 8 N–H and O–H groups in total. The Labute approximate surface area is 200 Å². The van der Waals surface area contributed by atoms with Crippen LogP contribution in [0.1, 0.15) is 20.7 Å². The lowest BCUT2D eigenvalue weighted by atomic mass is 9.73. The summed E-state index contributed by atoms with van der Waals surface area (Å²) in [6, 6.07) is 12.8. The van der Waals surface area contributed by atoms with Gasteiger partial charge in [0.1, 0.15) is 0 Å². The normalized spacial score (nSPS) is 15.4. The highest BCUT2D eigenvalue weighted by Gasteiger charge is 2.69. The fraction of sp³-hybridized carbons (Fsp3) is 0.182. The van der Waals surface area contributed by atoms with Crippen molar-refractivity contribution in [2.24, 2.45) is 0 Å². The van der Waals surface area contributed by atoms with E-state index < -0.39 is 70.0 Å². The minimum atomic E-state index is -3.95. The standard InChI is InChI=1S/C18H14O8.C4H6O6/c19-13(11-7-3-1-4-8-11)17(25,15(21)22)18(26,16(23)24)14(20)12-9-5-2-6-10-12;5-1(3(7)8)2(6)4(9)10/h1-10,25-26H,(H,21,22)(H,23,24);1-2,5-6H,(H,7,8)(H,9,10)/t17-,18-;/m1./s1. The Bertz CT molecular complexity index is 1050. The van der Waals surface area contributed by atoms with Gasteiger partial charge in [0, 0.05) is 11.1 Å². The molecule has 0 fully saturated rings. The van der Waals surface area contributed by atoms with E-state index in [2.05, 4.69) is 0 Å². The predicted molar refractivity (Wildman–Crippen MR) is 114 cm³/mol. The summed E-state index contributed by atoms with van der Waals surface area (Å²) in [4.78, 5) is 68.1. The molecule has 0 heterocycles. The van der Waals surface area contributed by atoms with Crippen LogP contribution in [0.4, 0.5) is 0 Å². The molecule has 2 unspecified atom stereocenters. The van der Waals surface area contributed by atoms with Crippen LogP contribution in [-0.4, -0.2) is 99.7 Å². The van der Waals surface area contributed by atoms with Gasteiger partial charge < -0.3 is 40.9 Å². The van der Waals surface area contributed by atoms with Gasteiger partial charge in [-0.2, -0.15) is 0 Å². The largest absolute Gasteiger partial charge is 0.479 e. The number of benzene rings is 2. The van der Waals surface area contributed by atoms with Crippen molar-refractivity contribution in [3.05, 3.63) is 71.8 Å². The first-order chi connectivity index (χ1) is 16.6. The van der Waals surface area contributed by atoms with Crippen LogP contribution in [0, 0.1) is 0 Å². The minimum absolute atomic E-state index is 0.391. The summed E-state index contributed by atoms with van der Waals surface area (Å²) in [5.41, 5.74) is -8.68. The van der Waals surface area contributed by atoms with Crippen molar-refractivity contribution in [1.82, 2.24) is 0 Å². The van der Waals surface area contributed by atoms with Gasteiger partial charge in [-0.05, 0) is 0 Å². The molecule has 0 aromatic heterocycles. The van der Waals surface area contributed by atoms with E-state index in [0.29, 0.717) is 0 Å². The summed E-state index contributed by atoms with van der Waals surface area (Å²) >= 11 is 0. The summed E-state index contributed by atoms with van der Waals surface area (Å²) in [5, 5.41) is 72.4. The zero-order valence-corrected chi connectivity index (χ0v) is 18.0. The first kappa shape index (κ1) is 29.5. The molecule has 14 heteroatoms. The van der Waals surface area contributed by atoms with Crippen LogP contribution in [0.3, 0.4) is 0 Å². The second-order valence-electron chi connectivity index (χ2n) is 6.99. The number of hydrogen-bond acceptors (Lipinski definition) is 10.